The maximum atomic E-state index is 12.8. The Kier molecular flexibility index (Phi) is 4.96. The molecule has 5 nitrogen and oxygen atoms in total. The lowest BCUT2D eigenvalue weighted by atomic mass is 9.86. The van der Waals surface area contributed by atoms with E-state index in [-0.39, 0.29) is 23.9 Å². The van der Waals surface area contributed by atoms with Gasteiger partial charge < -0.3 is 14.5 Å². The van der Waals surface area contributed by atoms with Crippen LogP contribution in [0.25, 0.3) is 10.9 Å². The van der Waals surface area contributed by atoms with E-state index in [1.807, 2.05) is 66.7 Å². The molecule has 1 aliphatic rings. The van der Waals surface area contributed by atoms with Crippen molar-refractivity contribution in [3.8, 4) is 11.5 Å². The van der Waals surface area contributed by atoms with E-state index < -0.39 is 0 Å². The largest absolute Gasteiger partial charge is 0.489 e. The minimum Gasteiger partial charge on any atom is -0.489 e. The van der Waals surface area contributed by atoms with Crippen LogP contribution in [0.5, 0.6) is 11.5 Å². The van der Waals surface area contributed by atoms with Gasteiger partial charge in [-0.3, -0.25) is 9.59 Å². The fraction of sp³-hybridized carbons (Fsp3) is 0.120. The minimum atomic E-state index is -0.380. The van der Waals surface area contributed by atoms with Crippen molar-refractivity contribution in [1.82, 2.24) is 4.98 Å². The summed E-state index contributed by atoms with van der Waals surface area (Å²) in [5.74, 6) is 0.319. The van der Waals surface area contributed by atoms with E-state index in [4.69, 9.17) is 21.1 Å². The SMILES string of the molecule is O=C1CC(c2ccc(OCc3ccc(Cl)cc3)cc2)c2c(c3ccccc3[nH]c2=O)O1. The van der Waals surface area contributed by atoms with Crippen molar-refractivity contribution in [3.05, 3.63) is 105 Å². The maximum absolute atomic E-state index is 12.8. The van der Waals surface area contributed by atoms with Crippen molar-refractivity contribution < 1.29 is 14.3 Å². The zero-order valence-corrected chi connectivity index (χ0v) is 17.2. The third-order valence-corrected chi connectivity index (χ3v) is 5.70. The molecule has 3 aromatic carbocycles. The van der Waals surface area contributed by atoms with Crippen LogP contribution in [0.15, 0.2) is 77.6 Å². The second-order valence-corrected chi connectivity index (χ2v) is 7.89. The van der Waals surface area contributed by atoms with E-state index in [2.05, 4.69) is 4.98 Å². The Bertz CT molecular complexity index is 1330. The molecule has 0 saturated heterocycles. The van der Waals surface area contributed by atoms with Gasteiger partial charge in [-0.2, -0.15) is 0 Å². The summed E-state index contributed by atoms with van der Waals surface area (Å²) in [6.07, 6.45) is 0.111. The molecule has 6 heteroatoms. The normalized spacial score (nSPS) is 15.4. The number of halogens is 1. The molecule has 1 aliphatic heterocycles. The number of nitrogens with one attached hydrogen (secondary N) is 1. The predicted octanol–water partition coefficient (Wildman–Crippen LogP) is 5.20. The Morgan fingerprint density at radius 2 is 1.71 bits per heavy atom. The van der Waals surface area contributed by atoms with Crippen LogP contribution < -0.4 is 15.0 Å². The van der Waals surface area contributed by atoms with Crippen LogP contribution in [0.3, 0.4) is 0 Å². The Morgan fingerprint density at radius 1 is 0.968 bits per heavy atom. The highest BCUT2D eigenvalue weighted by Gasteiger charge is 2.32. The van der Waals surface area contributed by atoms with Gasteiger partial charge >= 0.3 is 5.97 Å². The van der Waals surface area contributed by atoms with Gasteiger partial charge in [0.2, 0.25) is 0 Å². The Morgan fingerprint density at radius 3 is 2.48 bits per heavy atom. The third kappa shape index (κ3) is 3.80. The number of hydrogen-bond acceptors (Lipinski definition) is 4. The lowest BCUT2D eigenvalue weighted by Gasteiger charge is -2.25. The number of pyridine rings is 1. The van der Waals surface area contributed by atoms with Gasteiger partial charge in [0.15, 0.2) is 0 Å². The van der Waals surface area contributed by atoms with Gasteiger partial charge in [0.25, 0.3) is 5.56 Å². The molecule has 154 valence electrons. The third-order valence-electron chi connectivity index (χ3n) is 5.45. The van der Waals surface area contributed by atoms with Gasteiger partial charge in [-0.05, 0) is 47.5 Å². The van der Waals surface area contributed by atoms with Gasteiger partial charge in [0, 0.05) is 16.3 Å². The molecule has 0 radical (unpaired) electrons. The van der Waals surface area contributed by atoms with Gasteiger partial charge in [0.1, 0.15) is 18.1 Å². The molecule has 0 amide bonds. The van der Waals surface area contributed by atoms with E-state index in [0.717, 1.165) is 16.5 Å². The van der Waals surface area contributed by atoms with E-state index in [1.165, 1.54) is 0 Å². The van der Waals surface area contributed by atoms with Crippen LogP contribution in [0.1, 0.15) is 29.0 Å². The van der Waals surface area contributed by atoms with Crippen molar-refractivity contribution in [3.63, 3.8) is 0 Å². The highest BCUT2D eigenvalue weighted by atomic mass is 35.5. The number of H-pyrrole nitrogens is 1. The molecule has 0 saturated carbocycles. The molecule has 1 aromatic heterocycles. The number of hydrogen-bond donors (Lipinski definition) is 1. The van der Waals surface area contributed by atoms with Gasteiger partial charge in [-0.15, -0.1) is 0 Å². The molecule has 2 heterocycles. The van der Waals surface area contributed by atoms with E-state index >= 15 is 0 Å². The zero-order chi connectivity index (χ0) is 21.4. The average Bonchev–Trinajstić information content (AvgIpc) is 2.78. The Labute approximate surface area is 183 Å². The summed E-state index contributed by atoms with van der Waals surface area (Å²) in [6.45, 7) is 0.417. The Hall–Kier alpha value is -3.57. The minimum absolute atomic E-state index is 0.111. The topological polar surface area (TPSA) is 68.4 Å². The number of carbonyl (C=O) groups excluding carboxylic acids is 1. The van der Waals surface area contributed by atoms with Crippen LogP contribution >= 0.6 is 11.6 Å². The molecule has 4 aromatic rings. The van der Waals surface area contributed by atoms with Crippen LogP contribution in [0.2, 0.25) is 5.02 Å². The highest BCUT2D eigenvalue weighted by Crippen LogP contribution is 2.40. The van der Waals surface area contributed by atoms with E-state index in [0.29, 0.717) is 34.2 Å². The van der Waals surface area contributed by atoms with Crippen molar-refractivity contribution >= 4 is 28.5 Å². The summed E-state index contributed by atoms with van der Waals surface area (Å²) in [6, 6.07) is 22.3. The quantitative estimate of drug-likeness (QED) is 0.451. The molecule has 5 rings (SSSR count). The lowest BCUT2D eigenvalue weighted by molar-refractivity contribution is -0.135. The summed E-state index contributed by atoms with van der Waals surface area (Å²) < 4.78 is 11.3. The standard InChI is InChI=1S/C25H18ClNO4/c26-17-9-5-15(6-10-17)14-30-18-11-7-16(8-12-18)20-13-22(28)31-24-19-3-1-2-4-21(19)27-25(29)23(20)24/h1-12,20H,13-14H2,(H,27,29). The fourth-order valence-corrected chi connectivity index (χ4v) is 4.03. The first-order chi connectivity index (χ1) is 15.1. The molecular formula is C25H18ClNO4. The second-order valence-electron chi connectivity index (χ2n) is 7.46. The van der Waals surface area contributed by atoms with E-state index in [1.54, 1.807) is 6.07 Å². The molecule has 0 fully saturated rings. The monoisotopic (exact) mass is 431 g/mol. The molecule has 0 bridgehead atoms. The van der Waals surface area contributed by atoms with Gasteiger partial charge in [0.05, 0.1) is 17.5 Å². The number of carbonyl (C=O) groups is 1. The van der Waals surface area contributed by atoms with Crippen molar-refractivity contribution in [2.75, 3.05) is 0 Å². The van der Waals surface area contributed by atoms with Crippen molar-refractivity contribution in [2.24, 2.45) is 0 Å². The highest BCUT2D eigenvalue weighted by molar-refractivity contribution is 6.30. The number of para-hydroxylation sites is 1. The van der Waals surface area contributed by atoms with Gasteiger partial charge in [-0.1, -0.05) is 48.0 Å². The summed E-state index contributed by atoms with van der Waals surface area (Å²) >= 11 is 5.91. The summed E-state index contributed by atoms with van der Waals surface area (Å²) in [5, 5.41) is 1.40. The number of rotatable bonds is 4. The second kappa shape index (κ2) is 7.93. The predicted molar refractivity (Wildman–Crippen MR) is 119 cm³/mol. The first-order valence-corrected chi connectivity index (χ1v) is 10.3. The van der Waals surface area contributed by atoms with Crippen LogP contribution in [0.4, 0.5) is 0 Å². The molecule has 1 unspecified atom stereocenters. The number of aromatic amines is 1. The van der Waals surface area contributed by atoms with E-state index in [9.17, 15) is 9.59 Å². The zero-order valence-electron chi connectivity index (χ0n) is 16.4. The van der Waals surface area contributed by atoms with Gasteiger partial charge in [-0.25, -0.2) is 0 Å². The smallest absolute Gasteiger partial charge is 0.312 e. The van der Waals surface area contributed by atoms with Crippen molar-refractivity contribution in [2.45, 2.75) is 18.9 Å². The number of benzene rings is 3. The summed E-state index contributed by atoms with van der Waals surface area (Å²) in [4.78, 5) is 28.1. The molecule has 31 heavy (non-hydrogen) atoms. The van der Waals surface area contributed by atoms with Crippen molar-refractivity contribution in [1.29, 1.82) is 0 Å². The average molecular weight is 432 g/mol. The molecule has 1 atom stereocenters. The molecule has 0 spiro atoms. The Balaban J connectivity index is 1.44. The first-order valence-electron chi connectivity index (χ1n) is 9.91. The number of aromatic nitrogens is 1. The summed E-state index contributed by atoms with van der Waals surface area (Å²) in [5.41, 5.74) is 2.75. The van der Waals surface area contributed by atoms with Crippen LogP contribution in [-0.2, 0) is 11.4 Å². The number of ether oxygens (including phenoxy) is 2. The first kappa shape index (κ1) is 19.4. The molecular weight excluding hydrogens is 414 g/mol. The lowest BCUT2D eigenvalue weighted by Crippen LogP contribution is -2.28. The number of fused-ring (bicyclic) bond motifs is 3. The fourth-order valence-electron chi connectivity index (χ4n) is 3.91. The van der Waals surface area contributed by atoms with Crippen LogP contribution in [-0.4, -0.2) is 11.0 Å². The number of esters is 1. The maximum Gasteiger partial charge on any atom is 0.312 e. The summed E-state index contributed by atoms with van der Waals surface area (Å²) in [7, 11) is 0. The van der Waals surface area contributed by atoms with Crippen LogP contribution in [0, 0.1) is 0 Å². The molecule has 1 N–H and O–H groups in total. The molecule has 0 aliphatic carbocycles.